The molecular formula is C17H25N5OS. The lowest BCUT2D eigenvalue weighted by molar-refractivity contribution is -0.119. The van der Waals surface area contributed by atoms with Crippen molar-refractivity contribution < 1.29 is 4.79 Å². The maximum Gasteiger partial charge on any atom is 0.247 e. The van der Waals surface area contributed by atoms with Crippen LogP contribution in [0.25, 0.3) is 0 Å². The molecule has 1 aromatic heterocycles. The minimum atomic E-state index is -0.436. The lowest BCUT2D eigenvalue weighted by Crippen LogP contribution is -2.27. The Kier molecular flexibility index (Phi) is 6.25. The van der Waals surface area contributed by atoms with Crippen molar-refractivity contribution in [3.05, 3.63) is 29.8 Å². The molecule has 0 radical (unpaired) electrons. The van der Waals surface area contributed by atoms with E-state index in [2.05, 4.69) is 29.4 Å². The molecular weight excluding hydrogens is 322 g/mol. The van der Waals surface area contributed by atoms with Crippen LogP contribution in [0.1, 0.15) is 51.6 Å². The van der Waals surface area contributed by atoms with Crippen LogP contribution in [0.2, 0.25) is 0 Å². The van der Waals surface area contributed by atoms with Crippen LogP contribution in [0.15, 0.2) is 29.4 Å². The topological polar surface area (TPSA) is 85.8 Å². The number of carbonyl (C=O) groups excluding carboxylic acids is 1. The predicted octanol–water partition coefficient (Wildman–Crippen LogP) is 3.69. The van der Waals surface area contributed by atoms with Gasteiger partial charge in [0.25, 0.3) is 0 Å². The molecule has 0 saturated carbocycles. The smallest absolute Gasteiger partial charge is 0.247 e. The Morgan fingerprint density at radius 2 is 2.00 bits per heavy atom. The molecule has 6 nitrogen and oxygen atoms in total. The summed E-state index contributed by atoms with van der Waals surface area (Å²) in [5, 5.41) is 11.7. The number of hydrogen-bond acceptors (Lipinski definition) is 5. The number of nitrogens with zero attached hydrogens (tertiary/aromatic N) is 3. The molecule has 24 heavy (non-hydrogen) atoms. The molecule has 2 aromatic rings. The molecule has 1 atom stereocenters. The Balaban J connectivity index is 2.29. The first-order valence-corrected chi connectivity index (χ1v) is 9.21. The number of nitrogens with one attached hydrogen (secondary N) is 1. The third-order valence-electron chi connectivity index (χ3n) is 3.81. The van der Waals surface area contributed by atoms with Crippen molar-refractivity contribution in [1.82, 2.24) is 14.8 Å². The van der Waals surface area contributed by atoms with Gasteiger partial charge in [-0.3, -0.25) is 9.36 Å². The van der Waals surface area contributed by atoms with Crippen LogP contribution in [0.3, 0.4) is 0 Å². The standard InChI is InChI=1S/C17H25N5OS/c1-5-14(22-16(18)20-21-17(22)24-6-2)15(23)19-13-10-8-7-9-12(13)11(3)4/h7-11,14H,5-6H2,1-4H3,(H2,18,20)(H,19,23). The SMILES string of the molecule is CCSc1nnc(N)n1C(CC)C(=O)Nc1ccccc1C(C)C. The average Bonchev–Trinajstić information content (AvgIpc) is 2.90. The zero-order chi connectivity index (χ0) is 17.7. The zero-order valence-electron chi connectivity index (χ0n) is 14.6. The molecule has 130 valence electrons. The van der Waals surface area contributed by atoms with Crippen LogP contribution in [0.5, 0.6) is 0 Å². The summed E-state index contributed by atoms with van der Waals surface area (Å²) in [6, 6.07) is 7.43. The summed E-state index contributed by atoms with van der Waals surface area (Å²) < 4.78 is 1.72. The van der Waals surface area contributed by atoms with Crippen LogP contribution in [0.4, 0.5) is 11.6 Å². The summed E-state index contributed by atoms with van der Waals surface area (Å²) in [5.74, 6) is 1.33. The summed E-state index contributed by atoms with van der Waals surface area (Å²) in [6.45, 7) is 8.20. The van der Waals surface area contributed by atoms with Crippen molar-refractivity contribution in [2.45, 2.75) is 51.2 Å². The molecule has 1 unspecified atom stereocenters. The second-order valence-electron chi connectivity index (χ2n) is 5.80. The maximum atomic E-state index is 12.9. The number of nitrogen functional groups attached to an aromatic ring is 1. The molecule has 1 heterocycles. The molecule has 0 aliphatic carbocycles. The Bertz CT molecular complexity index is 698. The molecule has 0 fully saturated rings. The van der Waals surface area contributed by atoms with Crippen molar-refractivity contribution in [2.24, 2.45) is 0 Å². The van der Waals surface area contributed by atoms with Gasteiger partial charge >= 0.3 is 0 Å². The van der Waals surface area contributed by atoms with Gasteiger partial charge in [0.05, 0.1) is 0 Å². The van der Waals surface area contributed by atoms with Crippen LogP contribution < -0.4 is 11.1 Å². The van der Waals surface area contributed by atoms with E-state index in [1.165, 1.54) is 11.8 Å². The summed E-state index contributed by atoms with van der Waals surface area (Å²) in [7, 11) is 0. The van der Waals surface area contributed by atoms with E-state index < -0.39 is 6.04 Å². The van der Waals surface area contributed by atoms with E-state index >= 15 is 0 Å². The first kappa shape index (κ1) is 18.3. The minimum Gasteiger partial charge on any atom is -0.368 e. The quantitative estimate of drug-likeness (QED) is 0.746. The van der Waals surface area contributed by atoms with E-state index in [4.69, 9.17) is 5.73 Å². The highest BCUT2D eigenvalue weighted by Gasteiger charge is 2.25. The van der Waals surface area contributed by atoms with Gasteiger partial charge in [0.1, 0.15) is 6.04 Å². The van der Waals surface area contributed by atoms with Crippen LogP contribution in [-0.2, 0) is 4.79 Å². The molecule has 3 N–H and O–H groups in total. The average molecular weight is 347 g/mol. The van der Waals surface area contributed by atoms with Crippen molar-refractivity contribution in [2.75, 3.05) is 16.8 Å². The lowest BCUT2D eigenvalue weighted by atomic mass is 10.0. The largest absolute Gasteiger partial charge is 0.368 e. The zero-order valence-corrected chi connectivity index (χ0v) is 15.4. The molecule has 0 aliphatic rings. The first-order valence-electron chi connectivity index (χ1n) is 8.22. The predicted molar refractivity (Wildman–Crippen MR) is 99.3 cm³/mol. The third kappa shape index (κ3) is 3.90. The number of aromatic nitrogens is 3. The fourth-order valence-corrected chi connectivity index (χ4v) is 3.34. The molecule has 0 saturated heterocycles. The number of para-hydroxylation sites is 1. The van der Waals surface area contributed by atoms with Gasteiger partial charge in [-0.1, -0.05) is 57.7 Å². The van der Waals surface area contributed by atoms with Gasteiger partial charge in [0.15, 0.2) is 5.16 Å². The van der Waals surface area contributed by atoms with E-state index in [0.29, 0.717) is 17.5 Å². The third-order valence-corrected chi connectivity index (χ3v) is 4.63. The van der Waals surface area contributed by atoms with Crippen LogP contribution >= 0.6 is 11.8 Å². The Morgan fingerprint density at radius 1 is 1.29 bits per heavy atom. The second-order valence-corrected chi connectivity index (χ2v) is 7.03. The van der Waals surface area contributed by atoms with Crippen molar-refractivity contribution in [1.29, 1.82) is 0 Å². The van der Waals surface area contributed by atoms with Crippen molar-refractivity contribution in [3.8, 4) is 0 Å². The molecule has 1 aromatic carbocycles. The van der Waals surface area contributed by atoms with Gasteiger partial charge in [0, 0.05) is 5.69 Å². The van der Waals surface area contributed by atoms with E-state index in [1.54, 1.807) is 4.57 Å². The van der Waals surface area contributed by atoms with Gasteiger partial charge in [-0.05, 0) is 29.7 Å². The van der Waals surface area contributed by atoms with Gasteiger partial charge in [-0.15, -0.1) is 10.2 Å². The monoisotopic (exact) mass is 347 g/mol. The normalized spacial score (nSPS) is 12.4. The molecule has 1 amide bonds. The number of benzene rings is 1. The minimum absolute atomic E-state index is 0.102. The number of carbonyl (C=O) groups is 1. The number of hydrogen-bond donors (Lipinski definition) is 2. The van der Waals surface area contributed by atoms with Gasteiger partial charge in [-0.25, -0.2) is 0 Å². The lowest BCUT2D eigenvalue weighted by Gasteiger charge is -2.20. The summed E-state index contributed by atoms with van der Waals surface area (Å²) in [4.78, 5) is 12.9. The van der Waals surface area contributed by atoms with E-state index in [-0.39, 0.29) is 11.9 Å². The maximum absolute atomic E-state index is 12.9. The Hall–Kier alpha value is -2.02. The fraction of sp³-hybridized carbons (Fsp3) is 0.471. The summed E-state index contributed by atoms with van der Waals surface area (Å²) in [6.07, 6.45) is 0.606. The van der Waals surface area contributed by atoms with Gasteiger partial charge in [0.2, 0.25) is 11.9 Å². The number of nitrogens with two attached hydrogens (primary N) is 1. The highest BCUT2D eigenvalue weighted by Crippen LogP contribution is 2.28. The summed E-state index contributed by atoms with van der Waals surface area (Å²) in [5.41, 5.74) is 7.91. The number of anilines is 2. The molecule has 7 heteroatoms. The van der Waals surface area contributed by atoms with Gasteiger partial charge in [-0.2, -0.15) is 0 Å². The van der Waals surface area contributed by atoms with E-state index in [1.807, 2.05) is 38.1 Å². The van der Waals surface area contributed by atoms with Crippen LogP contribution in [0, 0.1) is 0 Å². The van der Waals surface area contributed by atoms with E-state index in [0.717, 1.165) is 17.0 Å². The number of thioether (sulfide) groups is 1. The first-order chi connectivity index (χ1) is 11.5. The number of amides is 1. The Morgan fingerprint density at radius 3 is 2.62 bits per heavy atom. The van der Waals surface area contributed by atoms with Crippen molar-refractivity contribution in [3.63, 3.8) is 0 Å². The molecule has 2 rings (SSSR count). The molecule has 0 spiro atoms. The summed E-state index contributed by atoms with van der Waals surface area (Å²) >= 11 is 1.53. The second kappa shape index (κ2) is 8.19. The van der Waals surface area contributed by atoms with E-state index in [9.17, 15) is 4.79 Å². The fourth-order valence-electron chi connectivity index (χ4n) is 2.62. The van der Waals surface area contributed by atoms with Gasteiger partial charge < -0.3 is 11.1 Å². The Labute approximate surface area is 147 Å². The highest BCUT2D eigenvalue weighted by molar-refractivity contribution is 7.99. The van der Waals surface area contributed by atoms with Crippen LogP contribution in [-0.4, -0.2) is 26.4 Å². The highest BCUT2D eigenvalue weighted by atomic mass is 32.2. The van der Waals surface area contributed by atoms with Crippen molar-refractivity contribution >= 4 is 29.3 Å². The molecule has 0 aliphatic heterocycles. The molecule has 0 bridgehead atoms. The number of rotatable bonds is 7.